The summed E-state index contributed by atoms with van der Waals surface area (Å²) >= 11 is 0. The van der Waals surface area contributed by atoms with Crippen molar-refractivity contribution in [3.63, 3.8) is 0 Å². The molecule has 0 unspecified atom stereocenters. The third kappa shape index (κ3) is 4.36. The number of hydrogen-bond acceptors (Lipinski definition) is 3. The van der Waals surface area contributed by atoms with E-state index in [1.54, 1.807) is 0 Å². The minimum absolute atomic E-state index is 0.916. The first-order chi connectivity index (χ1) is 14.6. The summed E-state index contributed by atoms with van der Waals surface area (Å²) in [6.45, 7) is -7.87. The largest absolute Gasteiger partial charge is 0.469 e. The van der Waals surface area contributed by atoms with Gasteiger partial charge in [0.2, 0.25) is 0 Å². The van der Waals surface area contributed by atoms with Gasteiger partial charge in [0.1, 0.15) is 0 Å². The summed E-state index contributed by atoms with van der Waals surface area (Å²) in [5.41, 5.74) is -7.74. The smallest absolute Gasteiger partial charge is 0.288 e. The summed E-state index contributed by atoms with van der Waals surface area (Å²) in [5.74, 6) is -20.6. The molecule has 0 aromatic carbocycles. The highest BCUT2D eigenvalue weighted by Gasteiger charge is 2.87. The second-order valence-electron chi connectivity index (χ2n) is 6.69. The van der Waals surface area contributed by atoms with Crippen LogP contribution in [0.3, 0.4) is 0 Å². The molecule has 0 saturated carbocycles. The standard InChI is InChI=1S/C13H8F18N2O/c14-6(9(19,20)21,10(22,23)24)5(34)7(15,16)8(17,18)12(28,29)32-1-3-33(4-2-32)13(30,31)11(25,26)27/h1-4H2. The third-order valence-corrected chi connectivity index (χ3v) is 4.57. The summed E-state index contributed by atoms with van der Waals surface area (Å²) in [4.78, 5) is 8.81. The van der Waals surface area contributed by atoms with Gasteiger partial charge in [-0.3, -0.25) is 4.79 Å². The topological polar surface area (TPSA) is 23.6 Å². The van der Waals surface area contributed by atoms with Crippen molar-refractivity contribution in [2.24, 2.45) is 0 Å². The van der Waals surface area contributed by atoms with E-state index in [1.807, 2.05) is 0 Å². The Morgan fingerprint density at radius 1 is 0.471 bits per heavy atom. The van der Waals surface area contributed by atoms with Crippen LogP contribution in [-0.4, -0.2) is 89.9 Å². The average molecular weight is 550 g/mol. The number of nitrogens with zero attached hydrogens (tertiary/aromatic N) is 2. The Hall–Kier alpha value is -1.67. The predicted molar refractivity (Wildman–Crippen MR) is 69.9 cm³/mol. The van der Waals surface area contributed by atoms with Crippen molar-refractivity contribution in [3.05, 3.63) is 0 Å². The lowest BCUT2D eigenvalue weighted by molar-refractivity contribution is -0.373. The lowest BCUT2D eigenvalue weighted by atomic mass is 9.89. The van der Waals surface area contributed by atoms with E-state index >= 15 is 0 Å². The molecule has 0 aromatic rings. The fourth-order valence-electron chi connectivity index (χ4n) is 2.61. The number of Topliss-reactive ketones (excluding diaryl/α,β-unsaturated/α-hetero) is 1. The number of rotatable bonds is 6. The molecular formula is C13H8F18N2O. The fourth-order valence-corrected chi connectivity index (χ4v) is 2.61. The van der Waals surface area contributed by atoms with Crippen molar-refractivity contribution >= 4 is 5.78 Å². The highest BCUT2D eigenvalue weighted by Crippen LogP contribution is 2.55. The average Bonchev–Trinajstić information content (AvgIpc) is 2.63. The molecule has 1 heterocycles. The second kappa shape index (κ2) is 8.19. The van der Waals surface area contributed by atoms with Crippen LogP contribution < -0.4 is 0 Å². The van der Waals surface area contributed by atoms with E-state index in [-0.39, 0.29) is 0 Å². The fraction of sp³-hybridized carbons (Fsp3) is 0.923. The maximum atomic E-state index is 14.0. The zero-order chi connectivity index (χ0) is 27.6. The summed E-state index contributed by atoms with van der Waals surface area (Å²) in [6, 6.07) is -12.4. The van der Waals surface area contributed by atoms with Gasteiger partial charge in [-0.05, 0) is 0 Å². The number of alkyl halides is 18. The van der Waals surface area contributed by atoms with Crippen molar-refractivity contribution in [3.8, 4) is 0 Å². The van der Waals surface area contributed by atoms with Gasteiger partial charge in [0, 0.05) is 26.2 Å². The van der Waals surface area contributed by atoms with E-state index < -0.39 is 89.9 Å². The Balaban J connectivity index is 3.33. The van der Waals surface area contributed by atoms with Gasteiger partial charge in [0.25, 0.3) is 5.78 Å². The van der Waals surface area contributed by atoms with Crippen molar-refractivity contribution in [1.29, 1.82) is 0 Å². The van der Waals surface area contributed by atoms with E-state index in [2.05, 4.69) is 0 Å². The van der Waals surface area contributed by atoms with Gasteiger partial charge in [0.15, 0.2) is 0 Å². The minimum atomic E-state index is -7.74. The molecule has 1 fully saturated rings. The molecule has 1 aliphatic heterocycles. The summed E-state index contributed by atoms with van der Waals surface area (Å²) in [5, 5.41) is 0. The van der Waals surface area contributed by atoms with Crippen LogP contribution in [-0.2, 0) is 4.79 Å². The molecule has 0 atom stereocenters. The summed E-state index contributed by atoms with van der Waals surface area (Å²) in [7, 11) is 0. The minimum Gasteiger partial charge on any atom is -0.288 e. The molecule has 1 rings (SSSR count). The van der Waals surface area contributed by atoms with Gasteiger partial charge >= 0.3 is 48.1 Å². The molecule has 0 radical (unpaired) electrons. The molecule has 1 saturated heterocycles. The van der Waals surface area contributed by atoms with Gasteiger partial charge in [-0.1, -0.05) is 0 Å². The van der Waals surface area contributed by atoms with Crippen LogP contribution in [0.4, 0.5) is 79.0 Å². The van der Waals surface area contributed by atoms with Crippen LogP contribution in [0.2, 0.25) is 0 Å². The van der Waals surface area contributed by atoms with Gasteiger partial charge in [-0.15, -0.1) is 0 Å². The van der Waals surface area contributed by atoms with Crippen molar-refractivity contribution in [2.45, 2.75) is 48.1 Å². The molecule has 1 aliphatic rings. The molecular weight excluding hydrogens is 542 g/mol. The van der Waals surface area contributed by atoms with Crippen LogP contribution in [0.1, 0.15) is 0 Å². The van der Waals surface area contributed by atoms with Gasteiger partial charge in [-0.25, -0.2) is 14.2 Å². The van der Waals surface area contributed by atoms with E-state index in [4.69, 9.17) is 0 Å². The SMILES string of the molecule is O=C(C(F)(F)C(F)(F)C(F)(F)N1CCN(C(F)(F)C(F)(F)F)CC1)C(F)(C(F)(F)F)C(F)(F)F. The predicted octanol–water partition coefficient (Wildman–Crippen LogP) is 5.02. The zero-order valence-corrected chi connectivity index (χ0v) is 15.4. The van der Waals surface area contributed by atoms with E-state index in [0.717, 1.165) is 0 Å². The molecule has 21 heteroatoms. The number of carbonyl (C=O) groups is 1. The van der Waals surface area contributed by atoms with Crippen LogP contribution in [0.25, 0.3) is 0 Å². The Morgan fingerprint density at radius 3 is 1.03 bits per heavy atom. The first-order valence-corrected chi connectivity index (χ1v) is 8.07. The Kier molecular flexibility index (Phi) is 7.31. The lowest BCUT2D eigenvalue weighted by Crippen LogP contribution is -2.72. The molecule has 0 aromatic heterocycles. The van der Waals surface area contributed by atoms with E-state index in [0.29, 0.717) is 0 Å². The zero-order valence-electron chi connectivity index (χ0n) is 15.4. The maximum absolute atomic E-state index is 14.0. The number of hydrogen-bond donors (Lipinski definition) is 0. The monoisotopic (exact) mass is 550 g/mol. The van der Waals surface area contributed by atoms with E-state index in [9.17, 15) is 83.8 Å². The maximum Gasteiger partial charge on any atom is 0.469 e. The van der Waals surface area contributed by atoms with Gasteiger partial charge in [0.05, 0.1) is 0 Å². The molecule has 3 nitrogen and oxygen atoms in total. The highest BCUT2D eigenvalue weighted by atomic mass is 19.4. The van der Waals surface area contributed by atoms with Crippen molar-refractivity contribution in [1.82, 2.24) is 9.80 Å². The van der Waals surface area contributed by atoms with E-state index in [1.165, 1.54) is 0 Å². The lowest BCUT2D eigenvalue weighted by Gasteiger charge is -2.44. The first kappa shape index (κ1) is 30.4. The number of piperazine rings is 1. The molecule has 0 aliphatic carbocycles. The molecule has 0 amide bonds. The molecule has 0 spiro atoms. The summed E-state index contributed by atoms with van der Waals surface area (Å²) in [6.07, 6.45) is -21.7. The third-order valence-electron chi connectivity index (χ3n) is 4.57. The van der Waals surface area contributed by atoms with Crippen LogP contribution in [0.15, 0.2) is 0 Å². The van der Waals surface area contributed by atoms with Crippen molar-refractivity contribution in [2.75, 3.05) is 26.2 Å². The number of ketones is 1. The number of carbonyl (C=O) groups excluding carboxylic acids is 1. The molecule has 0 N–H and O–H groups in total. The Labute approximate surface area is 175 Å². The quantitative estimate of drug-likeness (QED) is 0.343. The highest BCUT2D eigenvalue weighted by molar-refractivity contribution is 5.96. The van der Waals surface area contributed by atoms with Crippen LogP contribution in [0, 0.1) is 0 Å². The van der Waals surface area contributed by atoms with Gasteiger partial charge in [-0.2, -0.15) is 74.6 Å². The van der Waals surface area contributed by atoms with Crippen molar-refractivity contribution < 1.29 is 83.8 Å². The Bertz CT molecular complexity index is 743. The van der Waals surface area contributed by atoms with Crippen LogP contribution >= 0.6 is 0 Å². The molecule has 0 bridgehead atoms. The Morgan fingerprint density at radius 2 is 0.765 bits per heavy atom. The normalized spacial score (nSPS) is 19.5. The molecule has 34 heavy (non-hydrogen) atoms. The van der Waals surface area contributed by atoms with Crippen LogP contribution in [0.5, 0.6) is 0 Å². The first-order valence-electron chi connectivity index (χ1n) is 8.07. The molecule has 202 valence electrons. The van der Waals surface area contributed by atoms with Gasteiger partial charge < -0.3 is 0 Å². The summed E-state index contributed by atoms with van der Waals surface area (Å²) < 4.78 is 234. The number of halogens is 18. The second-order valence-corrected chi connectivity index (χ2v) is 6.69.